The molecule has 2 aliphatic heterocycles. The third-order valence-corrected chi connectivity index (χ3v) is 5.32. The molecule has 0 atom stereocenters. The highest BCUT2D eigenvalue weighted by atomic mass is 15.3. The summed E-state index contributed by atoms with van der Waals surface area (Å²) in [5, 5.41) is 0. The van der Waals surface area contributed by atoms with Gasteiger partial charge in [-0.15, -0.1) is 0 Å². The van der Waals surface area contributed by atoms with Crippen LogP contribution in [-0.2, 0) is 0 Å². The highest BCUT2D eigenvalue weighted by Gasteiger charge is 2.37. The molecule has 5 heteroatoms. The highest BCUT2D eigenvalue weighted by molar-refractivity contribution is 5.48. The van der Waals surface area contributed by atoms with E-state index in [4.69, 9.17) is 4.98 Å². The Labute approximate surface area is 134 Å². The van der Waals surface area contributed by atoms with Crippen LogP contribution in [0.2, 0.25) is 0 Å². The van der Waals surface area contributed by atoms with Gasteiger partial charge < -0.3 is 14.7 Å². The summed E-state index contributed by atoms with van der Waals surface area (Å²) in [4.78, 5) is 16.3. The molecule has 0 aliphatic carbocycles. The molecule has 0 unspecified atom stereocenters. The molecular weight excluding hydrogens is 274 g/mol. The van der Waals surface area contributed by atoms with Crippen molar-refractivity contribution in [3.63, 3.8) is 0 Å². The van der Waals surface area contributed by atoms with Gasteiger partial charge in [-0.3, -0.25) is 0 Å². The van der Waals surface area contributed by atoms with E-state index < -0.39 is 0 Å². The second kappa shape index (κ2) is 6.03. The van der Waals surface area contributed by atoms with E-state index in [1.165, 1.54) is 38.8 Å². The molecule has 3 rings (SSSR count). The number of rotatable bonds is 2. The Kier molecular flexibility index (Phi) is 4.26. The third-order valence-electron chi connectivity index (χ3n) is 5.32. The fourth-order valence-electron chi connectivity index (χ4n) is 4.07. The van der Waals surface area contributed by atoms with Crippen LogP contribution in [0.1, 0.15) is 31.2 Å². The summed E-state index contributed by atoms with van der Waals surface area (Å²) in [6, 6.07) is 0. The summed E-state index contributed by atoms with van der Waals surface area (Å²) in [5.41, 5.74) is 1.68. The molecule has 0 saturated carbocycles. The van der Waals surface area contributed by atoms with Crippen molar-refractivity contribution in [1.29, 1.82) is 0 Å². The summed E-state index contributed by atoms with van der Waals surface area (Å²) < 4.78 is 0. The van der Waals surface area contributed by atoms with Crippen LogP contribution >= 0.6 is 0 Å². The first-order valence-corrected chi connectivity index (χ1v) is 8.44. The Balaban J connectivity index is 1.70. The van der Waals surface area contributed by atoms with E-state index in [0.29, 0.717) is 5.41 Å². The van der Waals surface area contributed by atoms with E-state index in [-0.39, 0.29) is 0 Å². The van der Waals surface area contributed by atoms with Crippen molar-refractivity contribution in [2.24, 2.45) is 5.41 Å². The Bertz CT molecular complexity index is 520. The summed E-state index contributed by atoms with van der Waals surface area (Å²) in [5.74, 6) is 1.93. The van der Waals surface area contributed by atoms with E-state index >= 15 is 0 Å². The molecule has 0 amide bonds. The monoisotopic (exact) mass is 303 g/mol. The molecule has 2 aliphatic rings. The molecule has 1 spiro atoms. The van der Waals surface area contributed by atoms with Crippen molar-refractivity contribution in [1.82, 2.24) is 14.9 Å². The molecule has 1 aromatic heterocycles. The number of hydrogen-bond donors (Lipinski definition) is 0. The van der Waals surface area contributed by atoms with Crippen LogP contribution in [0.25, 0.3) is 0 Å². The molecular formula is C17H29N5. The number of aromatic nitrogens is 2. The molecule has 0 radical (unpaired) electrons. The molecule has 0 N–H and O–H groups in total. The summed E-state index contributed by atoms with van der Waals surface area (Å²) in [7, 11) is 6.35. The third kappa shape index (κ3) is 3.05. The summed E-state index contributed by atoms with van der Waals surface area (Å²) >= 11 is 0. The number of anilines is 2. The first-order chi connectivity index (χ1) is 10.5. The zero-order chi connectivity index (χ0) is 15.7. The molecule has 2 fully saturated rings. The van der Waals surface area contributed by atoms with Crippen molar-refractivity contribution in [2.75, 3.05) is 57.1 Å². The average molecular weight is 303 g/mol. The van der Waals surface area contributed by atoms with Gasteiger partial charge >= 0.3 is 0 Å². The van der Waals surface area contributed by atoms with Gasteiger partial charge in [0, 0.05) is 45.5 Å². The van der Waals surface area contributed by atoms with E-state index in [2.05, 4.69) is 33.7 Å². The van der Waals surface area contributed by atoms with Crippen molar-refractivity contribution in [3.8, 4) is 0 Å². The number of aryl methyl sites for hydroxylation is 1. The first-order valence-electron chi connectivity index (χ1n) is 8.44. The fourth-order valence-corrected chi connectivity index (χ4v) is 4.07. The van der Waals surface area contributed by atoms with Gasteiger partial charge in [-0.05, 0) is 51.6 Å². The fraction of sp³-hybridized carbons (Fsp3) is 0.765. The SMILES string of the molecule is Cc1cnc(N2CCC3(CCCN(C)C3)CC2)nc1N(C)C. The number of nitrogens with zero attached hydrogens (tertiary/aromatic N) is 5. The van der Waals surface area contributed by atoms with E-state index in [1.54, 1.807) is 0 Å². The maximum Gasteiger partial charge on any atom is 0.227 e. The van der Waals surface area contributed by atoms with Crippen LogP contribution in [0.5, 0.6) is 0 Å². The standard InChI is InChI=1S/C17H29N5/c1-14-12-18-16(19-15(14)20(2)3)22-10-7-17(8-11-22)6-5-9-21(4)13-17/h12H,5-11,13H2,1-4H3. The van der Waals surface area contributed by atoms with Crippen molar-refractivity contribution in [3.05, 3.63) is 11.8 Å². The van der Waals surface area contributed by atoms with Crippen LogP contribution in [-0.4, -0.2) is 62.2 Å². The lowest BCUT2D eigenvalue weighted by molar-refractivity contribution is 0.0818. The Morgan fingerprint density at radius 3 is 2.50 bits per heavy atom. The molecule has 22 heavy (non-hydrogen) atoms. The smallest absolute Gasteiger partial charge is 0.227 e. The molecule has 5 nitrogen and oxygen atoms in total. The molecule has 2 saturated heterocycles. The maximum atomic E-state index is 4.77. The van der Waals surface area contributed by atoms with E-state index in [0.717, 1.165) is 30.4 Å². The molecule has 122 valence electrons. The lowest BCUT2D eigenvalue weighted by atomic mass is 9.72. The second-order valence-electron chi connectivity index (χ2n) is 7.40. The van der Waals surface area contributed by atoms with Gasteiger partial charge in [-0.1, -0.05) is 0 Å². The molecule has 0 aromatic carbocycles. The van der Waals surface area contributed by atoms with Crippen LogP contribution < -0.4 is 9.80 Å². The van der Waals surface area contributed by atoms with Crippen molar-refractivity contribution in [2.45, 2.75) is 32.6 Å². The quantitative estimate of drug-likeness (QED) is 0.837. The van der Waals surface area contributed by atoms with Gasteiger partial charge in [0.15, 0.2) is 0 Å². The minimum atomic E-state index is 0.540. The van der Waals surface area contributed by atoms with Gasteiger partial charge in [0.25, 0.3) is 0 Å². The minimum absolute atomic E-state index is 0.540. The van der Waals surface area contributed by atoms with Crippen molar-refractivity contribution >= 4 is 11.8 Å². The molecule has 1 aromatic rings. The zero-order valence-electron chi connectivity index (χ0n) is 14.5. The number of piperidine rings is 2. The largest absolute Gasteiger partial charge is 0.362 e. The maximum absolute atomic E-state index is 4.77. The second-order valence-corrected chi connectivity index (χ2v) is 7.40. The van der Waals surface area contributed by atoms with Gasteiger partial charge in [0.1, 0.15) is 5.82 Å². The van der Waals surface area contributed by atoms with Gasteiger partial charge in [0.2, 0.25) is 5.95 Å². The number of likely N-dealkylation sites (tertiary alicyclic amines) is 1. The van der Waals surface area contributed by atoms with Crippen LogP contribution in [0, 0.1) is 12.3 Å². The predicted molar refractivity (Wildman–Crippen MR) is 91.7 cm³/mol. The lowest BCUT2D eigenvalue weighted by Crippen LogP contribution is -2.48. The van der Waals surface area contributed by atoms with E-state index in [9.17, 15) is 0 Å². The number of hydrogen-bond acceptors (Lipinski definition) is 5. The zero-order valence-corrected chi connectivity index (χ0v) is 14.5. The predicted octanol–water partition coefficient (Wildman–Crippen LogP) is 2.16. The lowest BCUT2D eigenvalue weighted by Gasteiger charge is -2.47. The highest BCUT2D eigenvalue weighted by Crippen LogP contribution is 2.40. The Hall–Kier alpha value is -1.36. The Morgan fingerprint density at radius 1 is 1.14 bits per heavy atom. The first kappa shape index (κ1) is 15.5. The van der Waals surface area contributed by atoms with Crippen molar-refractivity contribution < 1.29 is 0 Å². The van der Waals surface area contributed by atoms with Gasteiger partial charge in [0.05, 0.1) is 0 Å². The van der Waals surface area contributed by atoms with Gasteiger partial charge in [-0.25, -0.2) is 4.98 Å². The van der Waals surface area contributed by atoms with Gasteiger partial charge in [-0.2, -0.15) is 4.98 Å². The average Bonchev–Trinajstić information content (AvgIpc) is 2.48. The topological polar surface area (TPSA) is 35.5 Å². The Morgan fingerprint density at radius 2 is 1.86 bits per heavy atom. The molecule has 3 heterocycles. The van der Waals surface area contributed by atoms with Crippen LogP contribution in [0.3, 0.4) is 0 Å². The summed E-state index contributed by atoms with van der Waals surface area (Å²) in [6.07, 6.45) is 7.24. The van der Waals surface area contributed by atoms with E-state index in [1.807, 2.05) is 20.3 Å². The summed E-state index contributed by atoms with van der Waals surface area (Å²) in [6.45, 7) is 6.77. The normalized spacial score (nSPS) is 22.1. The van der Waals surface area contributed by atoms with Crippen LogP contribution in [0.15, 0.2) is 6.20 Å². The van der Waals surface area contributed by atoms with Crippen LogP contribution in [0.4, 0.5) is 11.8 Å². The minimum Gasteiger partial charge on any atom is -0.362 e. The molecule has 0 bridgehead atoms.